The molecule has 3 nitrogen and oxygen atoms in total. The monoisotopic (exact) mass is 283 g/mol. The van der Waals surface area contributed by atoms with Crippen molar-refractivity contribution >= 4 is 23.2 Å². The number of benzene rings is 1. The third-order valence-corrected chi connectivity index (χ3v) is 3.55. The summed E-state index contributed by atoms with van der Waals surface area (Å²) < 4.78 is 2.06. The highest BCUT2D eigenvalue weighted by molar-refractivity contribution is 6.31. The van der Waals surface area contributed by atoms with Gasteiger partial charge in [-0.1, -0.05) is 30.7 Å². The van der Waals surface area contributed by atoms with E-state index in [9.17, 15) is 0 Å². The molecule has 0 radical (unpaired) electrons. The van der Waals surface area contributed by atoms with Crippen LogP contribution in [0, 0.1) is 6.92 Å². The normalized spacial score (nSPS) is 10.9. The van der Waals surface area contributed by atoms with E-state index in [1.807, 2.05) is 25.1 Å². The van der Waals surface area contributed by atoms with Crippen molar-refractivity contribution in [2.45, 2.75) is 32.7 Å². The minimum atomic E-state index is 0.368. The molecule has 0 N–H and O–H groups in total. The molecular formula is C13H15Cl2N3. The van der Waals surface area contributed by atoms with E-state index in [0.29, 0.717) is 5.88 Å². The van der Waals surface area contributed by atoms with Crippen LogP contribution in [0.25, 0.3) is 11.4 Å². The van der Waals surface area contributed by atoms with E-state index in [-0.39, 0.29) is 0 Å². The lowest BCUT2D eigenvalue weighted by Gasteiger charge is -2.10. The van der Waals surface area contributed by atoms with Crippen LogP contribution in [0.5, 0.6) is 0 Å². The van der Waals surface area contributed by atoms with Gasteiger partial charge in [0.1, 0.15) is 5.82 Å². The summed E-state index contributed by atoms with van der Waals surface area (Å²) in [5.41, 5.74) is 2.03. The molecule has 0 bridgehead atoms. The number of aromatic nitrogens is 3. The standard InChI is InChI=1S/C13H15Cl2N3/c1-3-7-18-12(8-14)16-17-13(18)10-5-4-6-11(15)9(10)2/h4-6H,3,7-8H2,1-2H3. The second kappa shape index (κ2) is 5.72. The zero-order valence-corrected chi connectivity index (χ0v) is 12.0. The molecule has 0 spiro atoms. The average molecular weight is 284 g/mol. The molecule has 0 atom stereocenters. The Balaban J connectivity index is 2.56. The summed E-state index contributed by atoms with van der Waals surface area (Å²) in [5.74, 6) is 2.01. The summed E-state index contributed by atoms with van der Waals surface area (Å²) in [6.07, 6.45) is 1.01. The highest BCUT2D eigenvalue weighted by Gasteiger charge is 2.15. The van der Waals surface area contributed by atoms with Gasteiger partial charge in [0.25, 0.3) is 0 Å². The predicted octanol–water partition coefficient (Wildman–Crippen LogP) is 4.06. The Labute approximate surface area is 117 Å². The topological polar surface area (TPSA) is 30.7 Å². The Bertz CT molecular complexity index is 549. The zero-order chi connectivity index (χ0) is 13.1. The van der Waals surface area contributed by atoms with Crippen molar-refractivity contribution in [1.29, 1.82) is 0 Å². The van der Waals surface area contributed by atoms with Gasteiger partial charge in [0.05, 0.1) is 5.88 Å². The largest absolute Gasteiger partial charge is 0.310 e. The van der Waals surface area contributed by atoms with Gasteiger partial charge >= 0.3 is 0 Å². The van der Waals surface area contributed by atoms with Gasteiger partial charge in [-0.15, -0.1) is 21.8 Å². The Morgan fingerprint density at radius 1 is 1.28 bits per heavy atom. The Hall–Kier alpha value is -1.06. The fraction of sp³-hybridized carbons (Fsp3) is 0.385. The Kier molecular flexibility index (Phi) is 4.25. The van der Waals surface area contributed by atoms with Gasteiger partial charge in [-0.25, -0.2) is 0 Å². The highest BCUT2D eigenvalue weighted by Crippen LogP contribution is 2.28. The number of alkyl halides is 1. The molecule has 1 aromatic heterocycles. The van der Waals surface area contributed by atoms with E-state index in [2.05, 4.69) is 21.7 Å². The van der Waals surface area contributed by atoms with E-state index >= 15 is 0 Å². The van der Waals surface area contributed by atoms with Gasteiger partial charge in [-0.3, -0.25) is 0 Å². The fourth-order valence-corrected chi connectivity index (χ4v) is 2.31. The van der Waals surface area contributed by atoms with Crippen LogP contribution in [-0.2, 0) is 12.4 Å². The first-order valence-electron chi connectivity index (χ1n) is 5.92. The molecule has 0 saturated carbocycles. The highest BCUT2D eigenvalue weighted by atomic mass is 35.5. The van der Waals surface area contributed by atoms with Gasteiger partial charge in [-0.05, 0) is 25.0 Å². The molecule has 0 amide bonds. The first kappa shape index (κ1) is 13.4. The minimum absolute atomic E-state index is 0.368. The molecule has 1 aromatic carbocycles. The van der Waals surface area contributed by atoms with E-state index in [4.69, 9.17) is 23.2 Å². The maximum atomic E-state index is 6.15. The first-order chi connectivity index (χ1) is 8.69. The van der Waals surface area contributed by atoms with E-state index in [0.717, 1.165) is 40.8 Å². The van der Waals surface area contributed by atoms with Crippen LogP contribution in [0.2, 0.25) is 5.02 Å². The maximum Gasteiger partial charge on any atom is 0.164 e. The molecule has 1 heterocycles. The molecule has 96 valence electrons. The molecule has 0 aliphatic heterocycles. The number of halogens is 2. The van der Waals surface area contributed by atoms with Gasteiger partial charge in [0.2, 0.25) is 0 Å². The first-order valence-corrected chi connectivity index (χ1v) is 6.83. The predicted molar refractivity (Wildman–Crippen MR) is 75.1 cm³/mol. The molecule has 0 unspecified atom stereocenters. The second-order valence-corrected chi connectivity index (χ2v) is 4.81. The number of nitrogens with zero attached hydrogens (tertiary/aromatic N) is 3. The second-order valence-electron chi connectivity index (χ2n) is 4.14. The van der Waals surface area contributed by atoms with Crippen molar-refractivity contribution in [1.82, 2.24) is 14.8 Å². The molecule has 0 aliphatic carbocycles. The summed E-state index contributed by atoms with van der Waals surface area (Å²) >= 11 is 12.0. The van der Waals surface area contributed by atoms with Crippen LogP contribution < -0.4 is 0 Å². The van der Waals surface area contributed by atoms with Crippen molar-refractivity contribution < 1.29 is 0 Å². The van der Waals surface area contributed by atoms with Gasteiger partial charge in [-0.2, -0.15) is 0 Å². The number of rotatable bonds is 4. The molecule has 5 heteroatoms. The third kappa shape index (κ3) is 2.38. The van der Waals surface area contributed by atoms with Crippen molar-refractivity contribution in [3.63, 3.8) is 0 Å². The Morgan fingerprint density at radius 3 is 2.72 bits per heavy atom. The smallest absolute Gasteiger partial charge is 0.164 e. The van der Waals surface area contributed by atoms with Crippen LogP contribution in [0.1, 0.15) is 24.7 Å². The quantitative estimate of drug-likeness (QED) is 0.793. The van der Waals surface area contributed by atoms with Crippen LogP contribution in [0.4, 0.5) is 0 Å². The van der Waals surface area contributed by atoms with Crippen molar-refractivity contribution in [3.05, 3.63) is 34.6 Å². The summed E-state index contributed by atoms with van der Waals surface area (Å²) in [7, 11) is 0. The maximum absolute atomic E-state index is 6.15. The molecule has 2 rings (SSSR count). The fourth-order valence-electron chi connectivity index (χ4n) is 1.94. The summed E-state index contributed by atoms with van der Waals surface area (Å²) in [5, 5.41) is 9.13. The van der Waals surface area contributed by atoms with Crippen LogP contribution in [0.15, 0.2) is 18.2 Å². The van der Waals surface area contributed by atoms with Crippen LogP contribution >= 0.6 is 23.2 Å². The molecule has 0 saturated heterocycles. The third-order valence-electron chi connectivity index (χ3n) is 2.90. The lowest BCUT2D eigenvalue weighted by Crippen LogP contribution is -2.04. The zero-order valence-electron chi connectivity index (χ0n) is 10.5. The Morgan fingerprint density at radius 2 is 2.06 bits per heavy atom. The van der Waals surface area contributed by atoms with Crippen molar-refractivity contribution in [2.24, 2.45) is 0 Å². The van der Waals surface area contributed by atoms with E-state index in [1.54, 1.807) is 0 Å². The summed E-state index contributed by atoms with van der Waals surface area (Å²) in [6, 6.07) is 5.81. The van der Waals surface area contributed by atoms with Gasteiger partial charge < -0.3 is 4.57 Å². The lowest BCUT2D eigenvalue weighted by molar-refractivity contribution is 0.659. The lowest BCUT2D eigenvalue weighted by atomic mass is 10.1. The van der Waals surface area contributed by atoms with Crippen molar-refractivity contribution in [2.75, 3.05) is 0 Å². The molecule has 0 fully saturated rings. The van der Waals surface area contributed by atoms with Gasteiger partial charge in [0, 0.05) is 17.1 Å². The molecule has 0 aliphatic rings. The average Bonchev–Trinajstić information content (AvgIpc) is 2.76. The SMILES string of the molecule is CCCn1c(CCl)nnc1-c1cccc(Cl)c1C. The molecule has 18 heavy (non-hydrogen) atoms. The number of hydrogen-bond acceptors (Lipinski definition) is 2. The van der Waals surface area contributed by atoms with E-state index in [1.165, 1.54) is 0 Å². The van der Waals surface area contributed by atoms with E-state index < -0.39 is 0 Å². The minimum Gasteiger partial charge on any atom is -0.310 e. The van der Waals surface area contributed by atoms with Crippen LogP contribution in [-0.4, -0.2) is 14.8 Å². The van der Waals surface area contributed by atoms with Crippen LogP contribution in [0.3, 0.4) is 0 Å². The molecule has 2 aromatic rings. The number of hydrogen-bond donors (Lipinski definition) is 0. The summed E-state index contributed by atoms with van der Waals surface area (Å²) in [4.78, 5) is 0. The van der Waals surface area contributed by atoms with Crippen molar-refractivity contribution in [3.8, 4) is 11.4 Å². The van der Waals surface area contributed by atoms with Gasteiger partial charge in [0.15, 0.2) is 5.82 Å². The summed E-state index contributed by atoms with van der Waals surface area (Å²) in [6.45, 7) is 4.96. The molecular weight excluding hydrogens is 269 g/mol.